The predicted octanol–water partition coefficient (Wildman–Crippen LogP) is 3.58. The van der Waals surface area contributed by atoms with E-state index in [0.29, 0.717) is 17.4 Å². The molecule has 6 nitrogen and oxygen atoms in total. The molecular formula is C20H21N3O3. The van der Waals surface area contributed by atoms with E-state index in [9.17, 15) is 9.59 Å². The number of aryl methyl sites for hydroxylation is 1. The summed E-state index contributed by atoms with van der Waals surface area (Å²) in [5, 5.41) is 7.40. The van der Waals surface area contributed by atoms with Gasteiger partial charge in [-0.1, -0.05) is 25.0 Å². The lowest BCUT2D eigenvalue weighted by atomic mass is 10.1. The Balaban J connectivity index is 1.75. The molecule has 0 bridgehead atoms. The van der Waals surface area contributed by atoms with Gasteiger partial charge in [-0.25, -0.2) is 0 Å². The van der Waals surface area contributed by atoms with E-state index in [2.05, 4.69) is 10.2 Å². The summed E-state index contributed by atoms with van der Waals surface area (Å²) in [7, 11) is 0. The molecule has 3 heterocycles. The van der Waals surface area contributed by atoms with Gasteiger partial charge < -0.3 is 9.32 Å². The van der Waals surface area contributed by atoms with E-state index in [0.717, 1.165) is 37.2 Å². The number of carbonyl (C=O) groups is 1. The van der Waals surface area contributed by atoms with Crippen LogP contribution >= 0.6 is 0 Å². The largest absolute Gasteiger partial charge is 0.464 e. The van der Waals surface area contributed by atoms with E-state index in [4.69, 9.17) is 4.42 Å². The molecule has 4 rings (SSSR count). The Morgan fingerprint density at radius 3 is 2.85 bits per heavy atom. The van der Waals surface area contributed by atoms with Crippen molar-refractivity contribution in [2.75, 3.05) is 6.54 Å². The lowest BCUT2D eigenvalue weighted by molar-refractivity contribution is 0.0649. The van der Waals surface area contributed by atoms with Crippen molar-refractivity contribution in [2.45, 2.75) is 38.6 Å². The fraction of sp³-hybridized carbons (Fsp3) is 0.350. The number of hydrogen-bond acceptors (Lipinski definition) is 4. The van der Waals surface area contributed by atoms with Crippen molar-refractivity contribution in [3.8, 4) is 0 Å². The van der Waals surface area contributed by atoms with E-state index >= 15 is 0 Å². The van der Waals surface area contributed by atoms with Gasteiger partial charge in [0.05, 0.1) is 11.6 Å². The summed E-state index contributed by atoms with van der Waals surface area (Å²) in [6.45, 7) is 2.49. The van der Waals surface area contributed by atoms with Crippen molar-refractivity contribution in [2.24, 2.45) is 0 Å². The Hall–Kier alpha value is -2.89. The zero-order valence-corrected chi connectivity index (χ0v) is 14.7. The number of nitrogens with one attached hydrogen (secondary N) is 1. The Labute approximate surface area is 150 Å². The number of hydrogen-bond donors (Lipinski definition) is 1. The number of nitrogens with zero attached hydrogens (tertiary/aromatic N) is 2. The number of fused-ring (bicyclic) bond motifs is 1. The molecule has 1 N–H and O–H groups in total. The molecule has 0 aliphatic carbocycles. The average molecular weight is 351 g/mol. The molecule has 26 heavy (non-hydrogen) atoms. The topological polar surface area (TPSA) is 79.2 Å². The van der Waals surface area contributed by atoms with Crippen molar-refractivity contribution in [3.05, 3.63) is 63.8 Å². The summed E-state index contributed by atoms with van der Waals surface area (Å²) >= 11 is 0. The second-order valence-electron chi connectivity index (χ2n) is 6.76. The molecule has 1 aromatic carbocycles. The highest BCUT2D eigenvalue weighted by atomic mass is 16.3. The lowest BCUT2D eigenvalue weighted by Gasteiger charge is -2.28. The SMILES string of the molecule is Cc1ccc(C2CCCCCN2C(=O)c2n[nH]c3ccccc3c2=O)o1. The first-order valence-electron chi connectivity index (χ1n) is 9.00. The van der Waals surface area contributed by atoms with Gasteiger partial charge in [-0.05, 0) is 44.0 Å². The van der Waals surface area contributed by atoms with Crippen LogP contribution in [0.25, 0.3) is 10.9 Å². The fourth-order valence-electron chi connectivity index (χ4n) is 3.63. The second-order valence-corrected chi connectivity index (χ2v) is 6.76. The first-order chi connectivity index (χ1) is 12.6. The van der Waals surface area contributed by atoms with Gasteiger partial charge in [0, 0.05) is 11.9 Å². The van der Waals surface area contributed by atoms with Crippen LogP contribution in [0, 0.1) is 6.92 Å². The molecule has 0 saturated carbocycles. The van der Waals surface area contributed by atoms with Crippen molar-refractivity contribution in [1.29, 1.82) is 0 Å². The number of rotatable bonds is 2. The highest BCUT2D eigenvalue weighted by molar-refractivity contribution is 5.95. The van der Waals surface area contributed by atoms with Crippen LogP contribution < -0.4 is 5.43 Å². The van der Waals surface area contributed by atoms with Crippen LogP contribution in [0.2, 0.25) is 0 Å². The summed E-state index contributed by atoms with van der Waals surface area (Å²) in [5.41, 5.74) is 0.241. The van der Waals surface area contributed by atoms with Crippen molar-refractivity contribution in [1.82, 2.24) is 15.1 Å². The maximum atomic E-state index is 13.2. The average Bonchev–Trinajstić information content (AvgIpc) is 2.94. The van der Waals surface area contributed by atoms with E-state index in [1.54, 1.807) is 23.1 Å². The number of benzene rings is 1. The second kappa shape index (κ2) is 6.78. The zero-order valence-electron chi connectivity index (χ0n) is 14.7. The van der Waals surface area contributed by atoms with E-state index < -0.39 is 0 Å². The maximum absolute atomic E-state index is 13.2. The number of likely N-dealkylation sites (tertiary alicyclic amines) is 1. The summed E-state index contributed by atoms with van der Waals surface area (Å²) < 4.78 is 5.80. The van der Waals surface area contributed by atoms with Gasteiger partial charge in [0.15, 0.2) is 5.69 Å². The molecular weight excluding hydrogens is 330 g/mol. The summed E-state index contributed by atoms with van der Waals surface area (Å²) in [6.07, 6.45) is 3.81. The fourth-order valence-corrected chi connectivity index (χ4v) is 3.63. The molecule has 1 unspecified atom stereocenters. The summed E-state index contributed by atoms with van der Waals surface area (Å²) in [4.78, 5) is 27.7. The van der Waals surface area contributed by atoms with Gasteiger partial charge in [-0.15, -0.1) is 0 Å². The number of H-pyrrole nitrogens is 1. The van der Waals surface area contributed by atoms with Gasteiger partial charge in [-0.3, -0.25) is 14.7 Å². The minimum atomic E-state index is -0.335. The molecule has 1 aliphatic rings. The van der Waals surface area contributed by atoms with Crippen LogP contribution in [-0.4, -0.2) is 27.5 Å². The van der Waals surface area contributed by atoms with Crippen LogP contribution in [0.5, 0.6) is 0 Å². The third kappa shape index (κ3) is 2.92. The molecule has 1 aliphatic heterocycles. The number of furan rings is 1. The molecule has 1 amide bonds. The Kier molecular flexibility index (Phi) is 4.32. The lowest BCUT2D eigenvalue weighted by Crippen LogP contribution is -2.38. The smallest absolute Gasteiger partial charge is 0.279 e. The minimum Gasteiger partial charge on any atom is -0.464 e. The van der Waals surface area contributed by atoms with Gasteiger partial charge in [-0.2, -0.15) is 5.10 Å². The Morgan fingerprint density at radius 2 is 2.04 bits per heavy atom. The quantitative estimate of drug-likeness (QED) is 0.765. The maximum Gasteiger partial charge on any atom is 0.279 e. The van der Waals surface area contributed by atoms with Crippen LogP contribution in [-0.2, 0) is 0 Å². The third-order valence-corrected chi connectivity index (χ3v) is 4.98. The monoisotopic (exact) mass is 351 g/mol. The summed E-state index contributed by atoms with van der Waals surface area (Å²) in [5.74, 6) is 1.26. The molecule has 0 radical (unpaired) electrons. The normalized spacial score (nSPS) is 18.0. The Bertz CT molecular complexity index is 1000. The van der Waals surface area contributed by atoms with E-state index in [1.807, 2.05) is 25.1 Å². The molecule has 1 atom stereocenters. The van der Waals surface area contributed by atoms with Crippen LogP contribution in [0.15, 0.2) is 45.6 Å². The van der Waals surface area contributed by atoms with E-state index in [1.165, 1.54) is 0 Å². The highest BCUT2D eigenvalue weighted by Crippen LogP contribution is 2.32. The highest BCUT2D eigenvalue weighted by Gasteiger charge is 2.31. The van der Waals surface area contributed by atoms with Gasteiger partial charge in [0.25, 0.3) is 5.91 Å². The van der Waals surface area contributed by atoms with E-state index in [-0.39, 0.29) is 23.1 Å². The zero-order chi connectivity index (χ0) is 18.1. The van der Waals surface area contributed by atoms with Gasteiger partial charge in [0.1, 0.15) is 11.5 Å². The first kappa shape index (κ1) is 16.6. The summed E-state index contributed by atoms with van der Waals surface area (Å²) in [6, 6.07) is 10.8. The number of para-hydroxylation sites is 1. The molecule has 6 heteroatoms. The molecule has 1 saturated heterocycles. The standard InChI is InChI=1S/C20H21N3O3/c1-13-10-11-17(26-13)16-9-3-2-6-12-23(16)20(25)18-19(24)14-7-4-5-8-15(14)21-22-18/h4-5,7-8,10-11,16H,2-3,6,9,12H2,1H3,(H,21,24). The van der Waals surface area contributed by atoms with Crippen LogP contribution in [0.3, 0.4) is 0 Å². The predicted molar refractivity (Wildman–Crippen MR) is 98.1 cm³/mol. The first-order valence-corrected chi connectivity index (χ1v) is 9.00. The number of amides is 1. The molecule has 1 fully saturated rings. The van der Waals surface area contributed by atoms with Crippen molar-refractivity contribution in [3.63, 3.8) is 0 Å². The number of carbonyl (C=O) groups excluding carboxylic acids is 1. The van der Waals surface area contributed by atoms with Crippen molar-refractivity contribution >= 4 is 16.8 Å². The number of aromatic amines is 1. The Morgan fingerprint density at radius 1 is 1.19 bits per heavy atom. The van der Waals surface area contributed by atoms with Gasteiger partial charge >= 0.3 is 0 Å². The minimum absolute atomic E-state index is 0.0566. The molecule has 134 valence electrons. The molecule has 0 spiro atoms. The van der Waals surface area contributed by atoms with Crippen LogP contribution in [0.4, 0.5) is 0 Å². The third-order valence-electron chi connectivity index (χ3n) is 4.98. The van der Waals surface area contributed by atoms with Crippen molar-refractivity contribution < 1.29 is 9.21 Å². The molecule has 3 aromatic rings. The number of aromatic nitrogens is 2. The van der Waals surface area contributed by atoms with Gasteiger partial charge in [0.2, 0.25) is 5.43 Å². The molecule has 2 aromatic heterocycles. The van der Waals surface area contributed by atoms with Crippen LogP contribution in [0.1, 0.15) is 53.7 Å².